The molecular formula is C10H13NO3. The monoisotopic (exact) mass is 195 g/mol. The van der Waals surface area contributed by atoms with E-state index in [1.54, 1.807) is 6.07 Å². The standard InChI is InChI=1S/C10H13NO3/c1-5-3-7(9(12)10(13)14)4-8(11)6(5)2/h3-4,9,12H,11H2,1-2H3,(H,13,14). The summed E-state index contributed by atoms with van der Waals surface area (Å²) in [6.07, 6.45) is -1.50. The smallest absolute Gasteiger partial charge is 0.337 e. The molecule has 1 aromatic rings. The first kappa shape index (κ1) is 10.5. The van der Waals surface area contributed by atoms with Gasteiger partial charge in [-0.3, -0.25) is 0 Å². The fourth-order valence-corrected chi connectivity index (χ4v) is 1.22. The average Bonchev–Trinajstić information content (AvgIpc) is 2.12. The Morgan fingerprint density at radius 1 is 1.43 bits per heavy atom. The van der Waals surface area contributed by atoms with Crippen LogP contribution in [0.25, 0.3) is 0 Å². The van der Waals surface area contributed by atoms with E-state index < -0.39 is 12.1 Å². The number of benzene rings is 1. The molecule has 0 saturated carbocycles. The normalized spacial score (nSPS) is 12.5. The van der Waals surface area contributed by atoms with Crippen molar-refractivity contribution >= 4 is 11.7 Å². The maximum absolute atomic E-state index is 10.5. The predicted molar refractivity (Wildman–Crippen MR) is 52.9 cm³/mol. The second-order valence-electron chi connectivity index (χ2n) is 3.29. The van der Waals surface area contributed by atoms with Crippen LogP contribution in [0.2, 0.25) is 0 Å². The maximum Gasteiger partial charge on any atom is 0.337 e. The number of carboxylic acid groups (broad SMARTS) is 1. The van der Waals surface area contributed by atoms with Crippen LogP contribution in [0.15, 0.2) is 12.1 Å². The SMILES string of the molecule is Cc1cc(C(O)C(=O)O)cc(N)c1C. The molecule has 76 valence electrons. The number of hydrogen-bond acceptors (Lipinski definition) is 3. The summed E-state index contributed by atoms with van der Waals surface area (Å²) in [6, 6.07) is 3.12. The van der Waals surface area contributed by atoms with Gasteiger partial charge in [0.15, 0.2) is 6.10 Å². The summed E-state index contributed by atoms with van der Waals surface area (Å²) in [7, 11) is 0. The number of aliphatic hydroxyl groups excluding tert-OH is 1. The molecule has 0 aliphatic rings. The number of carbonyl (C=O) groups is 1. The molecule has 1 atom stereocenters. The van der Waals surface area contributed by atoms with Crippen molar-refractivity contribution in [1.29, 1.82) is 0 Å². The Morgan fingerprint density at radius 3 is 2.43 bits per heavy atom. The van der Waals surface area contributed by atoms with E-state index in [0.29, 0.717) is 11.3 Å². The number of rotatable bonds is 2. The van der Waals surface area contributed by atoms with Crippen LogP contribution in [-0.2, 0) is 4.79 Å². The number of aliphatic hydroxyl groups is 1. The predicted octanol–water partition coefficient (Wildman–Crippen LogP) is 1.00. The molecule has 4 heteroatoms. The third kappa shape index (κ3) is 1.85. The van der Waals surface area contributed by atoms with Gasteiger partial charge in [-0.1, -0.05) is 6.07 Å². The number of aryl methyl sites for hydroxylation is 1. The van der Waals surface area contributed by atoms with Crippen molar-refractivity contribution in [3.63, 3.8) is 0 Å². The molecule has 0 aliphatic heterocycles. The molecule has 0 aliphatic carbocycles. The molecule has 4 nitrogen and oxygen atoms in total. The maximum atomic E-state index is 10.5. The van der Waals surface area contributed by atoms with Gasteiger partial charge in [0.25, 0.3) is 0 Å². The van der Waals surface area contributed by atoms with Crippen molar-refractivity contribution in [2.45, 2.75) is 20.0 Å². The fourth-order valence-electron chi connectivity index (χ4n) is 1.22. The highest BCUT2D eigenvalue weighted by Gasteiger charge is 2.17. The van der Waals surface area contributed by atoms with Gasteiger partial charge in [-0.25, -0.2) is 4.79 Å². The Kier molecular flexibility index (Phi) is 2.76. The van der Waals surface area contributed by atoms with Gasteiger partial charge in [0, 0.05) is 5.69 Å². The minimum Gasteiger partial charge on any atom is -0.479 e. The lowest BCUT2D eigenvalue weighted by Crippen LogP contribution is -2.11. The van der Waals surface area contributed by atoms with Crippen LogP contribution in [0.4, 0.5) is 5.69 Å². The highest BCUT2D eigenvalue weighted by Crippen LogP contribution is 2.22. The Hall–Kier alpha value is -1.55. The van der Waals surface area contributed by atoms with Crippen LogP contribution in [0.3, 0.4) is 0 Å². The van der Waals surface area contributed by atoms with Gasteiger partial charge < -0.3 is 15.9 Å². The van der Waals surface area contributed by atoms with E-state index in [1.165, 1.54) is 6.07 Å². The van der Waals surface area contributed by atoms with Crippen molar-refractivity contribution in [2.75, 3.05) is 5.73 Å². The van der Waals surface area contributed by atoms with Gasteiger partial charge in [0.05, 0.1) is 0 Å². The molecule has 4 N–H and O–H groups in total. The summed E-state index contributed by atoms with van der Waals surface area (Å²) in [4.78, 5) is 10.5. The van der Waals surface area contributed by atoms with Crippen LogP contribution < -0.4 is 5.73 Å². The molecule has 0 radical (unpaired) electrons. The lowest BCUT2D eigenvalue weighted by Gasteiger charge is -2.10. The van der Waals surface area contributed by atoms with Crippen molar-refractivity contribution in [2.24, 2.45) is 0 Å². The summed E-state index contributed by atoms with van der Waals surface area (Å²) in [5.74, 6) is -1.27. The van der Waals surface area contributed by atoms with E-state index in [0.717, 1.165) is 11.1 Å². The molecule has 0 heterocycles. The first-order valence-corrected chi connectivity index (χ1v) is 4.21. The number of nitrogen functional groups attached to an aromatic ring is 1. The van der Waals surface area contributed by atoms with Gasteiger partial charge >= 0.3 is 5.97 Å². The molecule has 0 saturated heterocycles. The van der Waals surface area contributed by atoms with Crippen LogP contribution in [0.1, 0.15) is 22.8 Å². The highest BCUT2D eigenvalue weighted by molar-refractivity contribution is 5.75. The summed E-state index contributed by atoms with van der Waals surface area (Å²) in [5.41, 5.74) is 8.26. The Bertz CT molecular complexity index is 351. The first-order valence-electron chi connectivity index (χ1n) is 4.21. The molecule has 0 amide bonds. The molecule has 0 spiro atoms. The minimum absolute atomic E-state index is 0.318. The average molecular weight is 195 g/mol. The second kappa shape index (κ2) is 3.67. The fraction of sp³-hybridized carbons (Fsp3) is 0.300. The quantitative estimate of drug-likeness (QED) is 0.615. The molecule has 0 bridgehead atoms. The van der Waals surface area contributed by atoms with Crippen LogP contribution in [0, 0.1) is 13.8 Å². The Balaban J connectivity index is 3.19. The van der Waals surface area contributed by atoms with Crippen LogP contribution >= 0.6 is 0 Å². The minimum atomic E-state index is -1.50. The van der Waals surface area contributed by atoms with E-state index in [9.17, 15) is 9.90 Å². The third-order valence-corrected chi connectivity index (χ3v) is 2.28. The molecule has 0 aromatic heterocycles. The third-order valence-electron chi connectivity index (χ3n) is 2.28. The molecule has 0 fully saturated rings. The van der Waals surface area contributed by atoms with E-state index in [2.05, 4.69) is 0 Å². The molecule has 1 aromatic carbocycles. The zero-order valence-corrected chi connectivity index (χ0v) is 8.11. The number of carboxylic acids is 1. The Labute approximate surface area is 82.0 Å². The lowest BCUT2D eigenvalue weighted by atomic mass is 10.0. The van der Waals surface area contributed by atoms with E-state index >= 15 is 0 Å². The molecular weight excluding hydrogens is 182 g/mol. The van der Waals surface area contributed by atoms with E-state index in [4.69, 9.17) is 10.8 Å². The second-order valence-corrected chi connectivity index (χ2v) is 3.29. The number of hydrogen-bond donors (Lipinski definition) is 3. The van der Waals surface area contributed by atoms with Gasteiger partial charge in [-0.05, 0) is 36.6 Å². The van der Waals surface area contributed by atoms with Gasteiger partial charge in [0.2, 0.25) is 0 Å². The molecule has 1 unspecified atom stereocenters. The lowest BCUT2D eigenvalue weighted by molar-refractivity contribution is -0.146. The van der Waals surface area contributed by atoms with Crippen LogP contribution in [-0.4, -0.2) is 16.2 Å². The van der Waals surface area contributed by atoms with Gasteiger partial charge in [0.1, 0.15) is 0 Å². The van der Waals surface area contributed by atoms with Gasteiger partial charge in [-0.2, -0.15) is 0 Å². The number of nitrogens with two attached hydrogens (primary N) is 1. The topological polar surface area (TPSA) is 83.5 Å². The van der Waals surface area contributed by atoms with Crippen molar-refractivity contribution in [3.8, 4) is 0 Å². The zero-order valence-electron chi connectivity index (χ0n) is 8.11. The van der Waals surface area contributed by atoms with Crippen LogP contribution in [0.5, 0.6) is 0 Å². The summed E-state index contributed by atoms with van der Waals surface area (Å²) >= 11 is 0. The molecule has 1 rings (SSSR count). The highest BCUT2D eigenvalue weighted by atomic mass is 16.4. The van der Waals surface area contributed by atoms with E-state index in [-0.39, 0.29) is 0 Å². The van der Waals surface area contributed by atoms with Gasteiger partial charge in [-0.15, -0.1) is 0 Å². The summed E-state index contributed by atoms with van der Waals surface area (Å²) in [6.45, 7) is 3.67. The zero-order chi connectivity index (χ0) is 10.9. The Morgan fingerprint density at radius 2 is 2.00 bits per heavy atom. The number of anilines is 1. The van der Waals surface area contributed by atoms with Crippen molar-refractivity contribution < 1.29 is 15.0 Å². The number of aliphatic carboxylic acids is 1. The molecule has 14 heavy (non-hydrogen) atoms. The first-order chi connectivity index (χ1) is 6.43. The largest absolute Gasteiger partial charge is 0.479 e. The van der Waals surface area contributed by atoms with E-state index in [1.807, 2.05) is 13.8 Å². The van der Waals surface area contributed by atoms with Crippen molar-refractivity contribution in [3.05, 3.63) is 28.8 Å². The summed E-state index contributed by atoms with van der Waals surface area (Å²) < 4.78 is 0. The van der Waals surface area contributed by atoms with Crippen molar-refractivity contribution in [1.82, 2.24) is 0 Å². The summed E-state index contributed by atoms with van der Waals surface area (Å²) in [5, 5.41) is 17.9.